The van der Waals surface area contributed by atoms with Crippen molar-refractivity contribution in [3.8, 4) is 5.69 Å². The molecule has 9 nitrogen and oxygen atoms in total. The van der Waals surface area contributed by atoms with Gasteiger partial charge >= 0.3 is 12.1 Å². The first-order chi connectivity index (χ1) is 16.0. The maximum Gasteiger partial charge on any atom is 0.410 e. The van der Waals surface area contributed by atoms with Crippen molar-refractivity contribution in [1.82, 2.24) is 9.47 Å². The van der Waals surface area contributed by atoms with Crippen LogP contribution in [0.3, 0.4) is 0 Å². The van der Waals surface area contributed by atoms with Crippen LogP contribution in [0.5, 0.6) is 0 Å². The molecule has 0 radical (unpaired) electrons. The number of carbonyl (C=O) groups is 3. The van der Waals surface area contributed by atoms with E-state index < -0.39 is 41.2 Å². The van der Waals surface area contributed by atoms with Crippen molar-refractivity contribution in [3.05, 3.63) is 58.8 Å². The lowest BCUT2D eigenvalue weighted by molar-refractivity contribution is -0.150. The van der Waals surface area contributed by atoms with Gasteiger partial charge in [-0.3, -0.25) is 19.0 Å². The molecule has 1 saturated heterocycles. The molecular weight excluding hydrogens is 445 g/mol. The van der Waals surface area contributed by atoms with E-state index >= 15 is 0 Å². The van der Waals surface area contributed by atoms with Crippen LogP contribution in [0, 0.1) is 17.7 Å². The van der Waals surface area contributed by atoms with E-state index in [1.807, 2.05) is 0 Å². The highest BCUT2D eigenvalue weighted by Gasteiger charge is 2.45. The highest BCUT2D eigenvalue weighted by atomic mass is 19.1. The second-order valence-electron chi connectivity index (χ2n) is 8.91. The number of esters is 1. The Morgan fingerprint density at radius 2 is 1.82 bits per heavy atom. The Hall–Kier alpha value is -3.69. The molecule has 1 aliphatic heterocycles. The largest absolute Gasteiger partial charge is 0.466 e. The number of halogens is 1. The summed E-state index contributed by atoms with van der Waals surface area (Å²) in [5.41, 5.74) is -0.898. The molecule has 2 amide bonds. The number of aromatic nitrogens is 1. The lowest BCUT2D eigenvalue weighted by Gasteiger charge is -2.24. The zero-order valence-corrected chi connectivity index (χ0v) is 19.5. The maximum absolute atomic E-state index is 14.8. The number of ether oxygens (including phenoxy) is 2. The van der Waals surface area contributed by atoms with E-state index in [1.54, 1.807) is 39.8 Å². The van der Waals surface area contributed by atoms with Crippen LogP contribution < -0.4 is 10.9 Å². The smallest absolute Gasteiger partial charge is 0.410 e. The van der Waals surface area contributed by atoms with Crippen molar-refractivity contribution in [2.45, 2.75) is 33.3 Å². The van der Waals surface area contributed by atoms with Gasteiger partial charge in [0, 0.05) is 31.4 Å². The number of carbonyl (C=O) groups excluding carboxylic acids is 3. The SMILES string of the molecule is CCOC(=O)[C@H]1CN(C(=O)OC(C)(C)C)C[C@@H]1C(=O)Nc1ccc(-n2ccccc2=O)cc1F. The zero-order chi connectivity index (χ0) is 25.0. The Bertz CT molecular complexity index is 1140. The number of pyridine rings is 1. The van der Waals surface area contributed by atoms with Crippen LogP contribution in [0.25, 0.3) is 5.69 Å². The number of amides is 2. The minimum Gasteiger partial charge on any atom is -0.466 e. The summed E-state index contributed by atoms with van der Waals surface area (Å²) < 4.78 is 26.5. The molecule has 1 aromatic carbocycles. The molecule has 1 aliphatic rings. The van der Waals surface area contributed by atoms with Crippen LogP contribution in [0.2, 0.25) is 0 Å². The van der Waals surface area contributed by atoms with E-state index in [9.17, 15) is 23.6 Å². The van der Waals surface area contributed by atoms with Gasteiger partial charge in [0.25, 0.3) is 5.56 Å². The van der Waals surface area contributed by atoms with E-state index in [4.69, 9.17) is 9.47 Å². The summed E-state index contributed by atoms with van der Waals surface area (Å²) in [4.78, 5) is 51.3. The van der Waals surface area contributed by atoms with Crippen LogP contribution in [0.15, 0.2) is 47.4 Å². The number of rotatable bonds is 5. The molecule has 0 unspecified atom stereocenters. The average Bonchev–Trinajstić information content (AvgIpc) is 3.21. The summed E-state index contributed by atoms with van der Waals surface area (Å²) in [6, 6.07) is 8.51. The van der Waals surface area contributed by atoms with Crippen LogP contribution >= 0.6 is 0 Å². The first-order valence-corrected chi connectivity index (χ1v) is 10.9. The molecule has 0 bridgehead atoms. The number of likely N-dealkylation sites (tertiary alicyclic amines) is 1. The lowest BCUT2D eigenvalue weighted by Crippen LogP contribution is -2.36. The van der Waals surface area contributed by atoms with Gasteiger partial charge in [-0.05, 0) is 45.9 Å². The quantitative estimate of drug-likeness (QED) is 0.669. The highest BCUT2D eigenvalue weighted by molar-refractivity contribution is 5.96. The van der Waals surface area contributed by atoms with Crippen molar-refractivity contribution in [1.29, 1.82) is 0 Å². The summed E-state index contributed by atoms with van der Waals surface area (Å²) in [5, 5.41) is 2.49. The lowest BCUT2D eigenvalue weighted by atomic mass is 9.95. The van der Waals surface area contributed by atoms with Crippen molar-refractivity contribution in [2.24, 2.45) is 11.8 Å². The van der Waals surface area contributed by atoms with E-state index in [1.165, 1.54) is 33.9 Å². The molecule has 2 atom stereocenters. The number of nitrogens with one attached hydrogen (secondary N) is 1. The molecule has 1 aromatic heterocycles. The average molecular weight is 474 g/mol. The van der Waals surface area contributed by atoms with Gasteiger partial charge in [0.1, 0.15) is 11.4 Å². The van der Waals surface area contributed by atoms with E-state index in [2.05, 4.69) is 5.32 Å². The third kappa shape index (κ3) is 5.81. The Morgan fingerprint density at radius 3 is 2.44 bits per heavy atom. The van der Waals surface area contributed by atoms with Gasteiger partial charge in [0.2, 0.25) is 5.91 Å². The van der Waals surface area contributed by atoms with Crippen LogP contribution in [0.1, 0.15) is 27.7 Å². The summed E-state index contributed by atoms with van der Waals surface area (Å²) in [5.74, 6) is -3.88. The molecule has 0 aliphatic carbocycles. The molecule has 2 heterocycles. The van der Waals surface area contributed by atoms with Crippen molar-refractivity contribution in [3.63, 3.8) is 0 Å². The van der Waals surface area contributed by atoms with E-state index in [0.717, 1.165) is 6.07 Å². The second kappa shape index (κ2) is 10.1. The van der Waals surface area contributed by atoms with Gasteiger partial charge in [-0.25, -0.2) is 9.18 Å². The third-order valence-electron chi connectivity index (χ3n) is 5.21. The second-order valence-corrected chi connectivity index (χ2v) is 8.91. The standard InChI is InChI=1S/C24H28FN3O6/c1-5-33-22(31)17-14-27(23(32)34-24(2,3)4)13-16(17)21(30)26-19-10-9-15(12-18(19)25)28-11-7-6-8-20(28)29/h6-12,16-17H,5,13-14H2,1-4H3,(H,26,30)/t16-,17-/m0/s1. The summed E-state index contributed by atoms with van der Waals surface area (Å²) >= 11 is 0. The molecule has 1 N–H and O–H groups in total. The van der Waals surface area contributed by atoms with E-state index in [0.29, 0.717) is 5.69 Å². The Balaban J connectivity index is 1.79. The van der Waals surface area contributed by atoms with Crippen LogP contribution in [-0.2, 0) is 19.1 Å². The highest BCUT2D eigenvalue weighted by Crippen LogP contribution is 2.28. The minimum atomic E-state index is -0.956. The number of nitrogens with zero attached hydrogens (tertiary/aromatic N) is 2. The topological polar surface area (TPSA) is 107 Å². The molecule has 10 heteroatoms. The predicted molar refractivity (Wildman–Crippen MR) is 122 cm³/mol. The molecule has 1 fully saturated rings. The predicted octanol–water partition coefficient (Wildman–Crippen LogP) is 2.96. The monoisotopic (exact) mass is 473 g/mol. The van der Waals surface area contributed by atoms with Gasteiger partial charge in [-0.1, -0.05) is 6.07 Å². The van der Waals surface area contributed by atoms with Crippen molar-refractivity contribution in [2.75, 3.05) is 25.0 Å². The van der Waals surface area contributed by atoms with Crippen LogP contribution in [-0.4, -0.2) is 52.7 Å². The third-order valence-corrected chi connectivity index (χ3v) is 5.21. The zero-order valence-electron chi connectivity index (χ0n) is 19.5. The molecule has 0 saturated carbocycles. The maximum atomic E-state index is 14.8. The van der Waals surface area contributed by atoms with Gasteiger partial charge in [0.05, 0.1) is 29.8 Å². The summed E-state index contributed by atoms with van der Waals surface area (Å²) in [6.07, 6.45) is 0.851. The fourth-order valence-electron chi connectivity index (χ4n) is 3.65. The number of anilines is 1. The molecule has 0 spiro atoms. The van der Waals surface area contributed by atoms with Crippen molar-refractivity contribution >= 4 is 23.7 Å². The van der Waals surface area contributed by atoms with Gasteiger partial charge in [-0.15, -0.1) is 0 Å². The summed E-state index contributed by atoms with van der Waals surface area (Å²) in [6.45, 7) is 6.76. The normalized spacial score (nSPS) is 17.9. The first kappa shape index (κ1) is 24.9. The first-order valence-electron chi connectivity index (χ1n) is 10.9. The van der Waals surface area contributed by atoms with Gasteiger partial charge < -0.3 is 19.7 Å². The minimum absolute atomic E-state index is 0.0514. The number of hydrogen-bond acceptors (Lipinski definition) is 6. The number of hydrogen-bond donors (Lipinski definition) is 1. The van der Waals surface area contributed by atoms with Gasteiger partial charge in [-0.2, -0.15) is 0 Å². The molecule has 2 aromatic rings. The molecule has 182 valence electrons. The fraction of sp³-hybridized carbons (Fsp3) is 0.417. The Kier molecular flexibility index (Phi) is 7.38. The van der Waals surface area contributed by atoms with Crippen LogP contribution in [0.4, 0.5) is 14.9 Å². The Morgan fingerprint density at radius 1 is 1.12 bits per heavy atom. The number of benzene rings is 1. The molecule has 3 rings (SSSR count). The molecule has 34 heavy (non-hydrogen) atoms. The molecular formula is C24H28FN3O6. The Labute approximate surface area is 196 Å². The van der Waals surface area contributed by atoms with Gasteiger partial charge in [0.15, 0.2) is 0 Å². The summed E-state index contributed by atoms with van der Waals surface area (Å²) in [7, 11) is 0. The fourth-order valence-corrected chi connectivity index (χ4v) is 3.65. The van der Waals surface area contributed by atoms with E-state index in [-0.39, 0.29) is 30.9 Å². The van der Waals surface area contributed by atoms with Crippen molar-refractivity contribution < 1.29 is 28.2 Å².